The molecule has 1 aliphatic carbocycles. The SMILES string of the molecule is [B]n1nc(-c2ccc(-c3ccc(C4CC4)cn3)c(C)c2)nc1Nc1ccc2c(c1)C(C)NC2=O. The first kappa shape index (κ1) is 20.7. The van der Waals surface area contributed by atoms with Crippen LogP contribution in [0.15, 0.2) is 54.7 Å². The van der Waals surface area contributed by atoms with Gasteiger partial charge >= 0.3 is 0 Å². The zero-order chi connectivity index (χ0) is 23.4. The maximum Gasteiger partial charge on any atom is 0.269 e. The van der Waals surface area contributed by atoms with Crippen molar-refractivity contribution in [3.63, 3.8) is 0 Å². The number of aromatic nitrogens is 4. The molecule has 3 heterocycles. The lowest BCUT2D eigenvalue weighted by Crippen LogP contribution is -2.16. The third-order valence-electron chi connectivity index (χ3n) is 6.59. The van der Waals surface area contributed by atoms with E-state index in [4.69, 9.17) is 7.98 Å². The number of rotatable bonds is 5. The van der Waals surface area contributed by atoms with E-state index in [-0.39, 0.29) is 11.9 Å². The first-order valence-electron chi connectivity index (χ1n) is 11.5. The van der Waals surface area contributed by atoms with E-state index in [9.17, 15) is 4.79 Å². The normalized spacial score (nSPS) is 16.9. The Morgan fingerprint density at radius 1 is 1.09 bits per heavy atom. The van der Waals surface area contributed by atoms with E-state index >= 15 is 0 Å². The zero-order valence-electron chi connectivity index (χ0n) is 19.0. The number of carbonyl (C=O) groups is 1. The van der Waals surface area contributed by atoms with Crippen molar-refractivity contribution in [3.05, 3.63) is 77.0 Å². The van der Waals surface area contributed by atoms with Crippen LogP contribution in [0.1, 0.15) is 58.8 Å². The van der Waals surface area contributed by atoms with Crippen molar-refractivity contribution in [2.45, 2.75) is 38.6 Å². The molecule has 4 aromatic rings. The van der Waals surface area contributed by atoms with Gasteiger partial charge in [0.25, 0.3) is 13.9 Å². The minimum atomic E-state index is -0.0498. The fourth-order valence-corrected chi connectivity index (χ4v) is 4.53. The molecule has 8 heteroatoms. The topological polar surface area (TPSA) is 84.7 Å². The predicted molar refractivity (Wildman–Crippen MR) is 132 cm³/mol. The lowest BCUT2D eigenvalue weighted by Gasteiger charge is -2.08. The van der Waals surface area contributed by atoms with E-state index in [1.807, 2.05) is 37.4 Å². The highest BCUT2D eigenvalue weighted by Gasteiger charge is 2.25. The molecule has 2 radical (unpaired) electrons. The Labute approximate surface area is 199 Å². The average molecular weight is 446 g/mol. The highest BCUT2D eigenvalue weighted by atomic mass is 16.2. The lowest BCUT2D eigenvalue weighted by molar-refractivity contribution is 0.0958. The molecule has 2 aliphatic rings. The van der Waals surface area contributed by atoms with Gasteiger partial charge in [-0.2, -0.15) is 10.1 Å². The lowest BCUT2D eigenvalue weighted by atomic mass is 10.0. The second-order valence-electron chi connectivity index (χ2n) is 9.11. The number of benzene rings is 2. The van der Waals surface area contributed by atoms with Gasteiger partial charge in [0.05, 0.1) is 11.7 Å². The summed E-state index contributed by atoms with van der Waals surface area (Å²) in [5.74, 6) is 1.60. The molecule has 1 fully saturated rings. The highest BCUT2D eigenvalue weighted by molar-refractivity contribution is 6.07. The molecule has 1 saturated carbocycles. The summed E-state index contributed by atoms with van der Waals surface area (Å²) in [7, 11) is 6.10. The highest BCUT2D eigenvalue weighted by Crippen LogP contribution is 2.40. The molecule has 34 heavy (non-hydrogen) atoms. The Morgan fingerprint density at radius 2 is 1.91 bits per heavy atom. The summed E-state index contributed by atoms with van der Waals surface area (Å²) in [5.41, 5.74) is 7.79. The van der Waals surface area contributed by atoms with Crippen molar-refractivity contribution in [3.8, 4) is 22.6 Å². The van der Waals surface area contributed by atoms with Crippen LogP contribution in [0, 0.1) is 6.92 Å². The molecule has 1 amide bonds. The van der Waals surface area contributed by atoms with E-state index < -0.39 is 0 Å². The van der Waals surface area contributed by atoms with Crippen LogP contribution >= 0.6 is 0 Å². The van der Waals surface area contributed by atoms with Crippen molar-refractivity contribution in [1.82, 2.24) is 25.0 Å². The van der Waals surface area contributed by atoms with Gasteiger partial charge in [0.2, 0.25) is 5.95 Å². The molecular weight excluding hydrogens is 423 g/mol. The quantitative estimate of drug-likeness (QED) is 0.435. The van der Waals surface area contributed by atoms with Gasteiger partial charge in [0, 0.05) is 28.6 Å². The first-order valence-corrected chi connectivity index (χ1v) is 11.5. The number of carbonyl (C=O) groups excluding carboxylic acids is 1. The van der Waals surface area contributed by atoms with Gasteiger partial charge in [-0.05, 0) is 79.6 Å². The van der Waals surface area contributed by atoms with Gasteiger partial charge in [0.15, 0.2) is 5.82 Å². The molecule has 2 aromatic carbocycles. The molecule has 6 rings (SSSR count). The van der Waals surface area contributed by atoms with Crippen LogP contribution in [0.3, 0.4) is 0 Å². The standard InChI is InChI=1S/C26H23BN6O/c1-14-11-17(5-8-20(14)23-10-6-18(13-28-23)16-3-4-16)24-31-26(33(27)32-24)30-19-7-9-21-22(12-19)15(2)29-25(21)34/h5-13,15-16H,3-4H2,1-2H3,(H,29,34)(H,30,31,32). The summed E-state index contributed by atoms with van der Waals surface area (Å²) in [4.78, 5) is 21.2. The van der Waals surface area contributed by atoms with Crippen LogP contribution in [0.4, 0.5) is 11.6 Å². The fourth-order valence-electron chi connectivity index (χ4n) is 4.53. The maximum atomic E-state index is 12.0. The molecule has 0 spiro atoms. The number of fused-ring (bicyclic) bond motifs is 1. The monoisotopic (exact) mass is 446 g/mol. The fraction of sp³-hybridized carbons (Fsp3) is 0.231. The number of hydrogen-bond acceptors (Lipinski definition) is 5. The summed E-state index contributed by atoms with van der Waals surface area (Å²) in [6, 6.07) is 15.9. The Morgan fingerprint density at radius 3 is 2.65 bits per heavy atom. The van der Waals surface area contributed by atoms with Crippen LogP contribution in [-0.4, -0.2) is 33.5 Å². The Hall–Kier alpha value is -3.94. The van der Waals surface area contributed by atoms with Gasteiger partial charge in [-0.25, -0.2) is 0 Å². The average Bonchev–Trinajstić information content (AvgIpc) is 3.57. The predicted octanol–water partition coefficient (Wildman–Crippen LogP) is 4.67. The van der Waals surface area contributed by atoms with Gasteiger partial charge in [-0.3, -0.25) is 14.4 Å². The maximum absolute atomic E-state index is 12.0. The largest absolute Gasteiger partial charge is 0.345 e. The summed E-state index contributed by atoms with van der Waals surface area (Å²) in [6.45, 7) is 4.02. The second kappa shape index (κ2) is 7.83. The number of aryl methyl sites for hydroxylation is 1. The molecular formula is C26H23BN6O. The third kappa shape index (κ3) is 3.65. The third-order valence-corrected chi connectivity index (χ3v) is 6.59. The molecule has 166 valence electrons. The van der Waals surface area contributed by atoms with Crippen molar-refractivity contribution >= 4 is 25.5 Å². The van der Waals surface area contributed by atoms with Gasteiger partial charge < -0.3 is 10.6 Å². The van der Waals surface area contributed by atoms with Crippen molar-refractivity contribution in [2.24, 2.45) is 0 Å². The first-order chi connectivity index (χ1) is 16.5. The van der Waals surface area contributed by atoms with Gasteiger partial charge in [-0.1, -0.05) is 18.2 Å². The van der Waals surface area contributed by atoms with Crippen LogP contribution in [0.2, 0.25) is 0 Å². The molecule has 0 saturated heterocycles. The van der Waals surface area contributed by atoms with Crippen LogP contribution in [0.25, 0.3) is 22.6 Å². The Balaban J connectivity index is 1.24. The van der Waals surface area contributed by atoms with E-state index in [0.717, 1.165) is 33.6 Å². The minimum absolute atomic E-state index is 0.0311. The molecule has 0 bridgehead atoms. The van der Waals surface area contributed by atoms with Crippen molar-refractivity contribution in [1.29, 1.82) is 0 Å². The molecule has 2 aromatic heterocycles. The minimum Gasteiger partial charge on any atom is -0.345 e. The number of anilines is 2. The van der Waals surface area contributed by atoms with E-state index in [0.29, 0.717) is 23.3 Å². The zero-order valence-corrected chi connectivity index (χ0v) is 19.0. The van der Waals surface area contributed by atoms with Gasteiger partial charge in [0.1, 0.15) is 0 Å². The number of hydrogen-bond donors (Lipinski definition) is 2. The summed E-state index contributed by atoms with van der Waals surface area (Å²) in [6.07, 6.45) is 4.55. The van der Waals surface area contributed by atoms with E-state index in [1.54, 1.807) is 0 Å². The smallest absolute Gasteiger partial charge is 0.269 e. The number of nitrogens with zero attached hydrogens (tertiary/aromatic N) is 4. The van der Waals surface area contributed by atoms with Crippen molar-refractivity contribution < 1.29 is 4.79 Å². The van der Waals surface area contributed by atoms with E-state index in [1.165, 1.54) is 23.0 Å². The summed E-state index contributed by atoms with van der Waals surface area (Å²) in [5, 5.41) is 10.5. The second-order valence-corrected chi connectivity index (χ2v) is 9.11. The molecule has 2 N–H and O–H groups in total. The molecule has 1 atom stereocenters. The van der Waals surface area contributed by atoms with Crippen LogP contribution in [0.5, 0.6) is 0 Å². The Bertz CT molecular complexity index is 1420. The number of pyridine rings is 1. The van der Waals surface area contributed by atoms with Gasteiger partial charge in [-0.15, -0.1) is 0 Å². The van der Waals surface area contributed by atoms with Crippen LogP contribution in [-0.2, 0) is 0 Å². The molecule has 7 nitrogen and oxygen atoms in total. The summed E-state index contributed by atoms with van der Waals surface area (Å²) >= 11 is 0. The van der Waals surface area contributed by atoms with E-state index in [2.05, 4.69) is 56.9 Å². The van der Waals surface area contributed by atoms with Crippen LogP contribution < -0.4 is 10.6 Å². The molecule has 1 unspecified atom stereocenters. The number of nitrogens with one attached hydrogen (secondary N) is 2. The number of amides is 1. The Kier molecular flexibility index (Phi) is 4.76. The summed E-state index contributed by atoms with van der Waals surface area (Å²) < 4.78 is 1.23. The van der Waals surface area contributed by atoms with Crippen molar-refractivity contribution in [2.75, 3.05) is 5.32 Å². The molecule has 1 aliphatic heterocycles.